The molecule has 0 saturated heterocycles. The zero-order valence-electron chi connectivity index (χ0n) is 11.3. The van der Waals surface area contributed by atoms with E-state index in [4.69, 9.17) is 0 Å². The Bertz CT molecular complexity index is 641. The molecule has 0 saturated carbocycles. The van der Waals surface area contributed by atoms with Gasteiger partial charge in [0.15, 0.2) is 6.04 Å². The van der Waals surface area contributed by atoms with Crippen LogP contribution >= 0.6 is 11.3 Å². The van der Waals surface area contributed by atoms with Crippen molar-refractivity contribution in [1.29, 1.82) is 0 Å². The summed E-state index contributed by atoms with van der Waals surface area (Å²) in [5.41, 5.74) is 2.36. The first-order chi connectivity index (χ1) is 10.1. The van der Waals surface area contributed by atoms with Crippen LogP contribution in [-0.2, 0) is 22.4 Å². The van der Waals surface area contributed by atoms with Crippen LogP contribution in [0, 0.1) is 5.92 Å². The molecule has 1 aromatic carbocycles. The molecule has 1 aliphatic rings. The Labute approximate surface area is 126 Å². The fourth-order valence-corrected chi connectivity index (χ4v) is 3.48. The monoisotopic (exact) mass is 301 g/mol. The SMILES string of the molecule is O=C(NC(C(=O)O)c1cccs1)C1Cc2ccccc2C1. The first-order valence-corrected chi connectivity index (χ1v) is 7.66. The van der Waals surface area contributed by atoms with Gasteiger partial charge in [-0.05, 0) is 35.4 Å². The second-order valence-corrected chi connectivity index (χ2v) is 6.15. The van der Waals surface area contributed by atoms with E-state index >= 15 is 0 Å². The standard InChI is InChI=1S/C16H15NO3S/c18-15(12-8-10-4-1-2-5-11(10)9-12)17-14(16(19)20)13-6-3-7-21-13/h1-7,12,14H,8-9H2,(H,17,18)(H,19,20). The van der Waals surface area contributed by atoms with Crippen LogP contribution in [0.15, 0.2) is 41.8 Å². The van der Waals surface area contributed by atoms with Crippen molar-refractivity contribution in [3.63, 3.8) is 0 Å². The molecule has 2 aromatic rings. The van der Waals surface area contributed by atoms with E-state index in [1.165, 1.54) is 22.5 Å². The number of carbonyl (C=O) groups excluding carboxylic acids is 1. The third-order valence-electron chi connectivity index (χ3n) is 3.78. The number of carbonyl (C=O) groups is 2. The number of hydrogen-bond donors (Lipinski definition) is 2. The Kier molecular flexibility index (Phi) is 3.75. The van der Waals surface area contributed by atoms with Gasteiger partial charge in [-0.1, -0.05) is 30.3 Å². The molecule has 1 amide bonds. The van der Waals surface area contributed by atoms with Gasteiger partial charge in [0, 0.05) is 10.8 Å². The lowest BCUT2D eigenvalue weighted by atomic mass is 10.0. The molecule has 0 fully saturated rings. The number of aliphatic carboxylic acids is 1. The van der Waals surface area contributed by atoms with Crippen LogP contribution in [0.2, 0.25) is 0 Å². The molecule has 2 N–H and O–H groups in total. The molecule has 1 aliphatic carbocycles. The minimum Gasteiger partial charge on any atom is -0.479 e. The van der Waals surface area contributed by atoms with Crippen LogP contribution in [0.5, 0.6) is 0 Å². The van der Waals surface area contributed by atoms with E-state index in [2.05, 4.69) is 5.32 Å². The second-order valence-electron chi connectivity index (χ2n) is 5.17. The summed E-state index contributed by atoms with van der Waals surface area (Å²) in [5, 5.41) is 13.8. The lowest BCUT2D eigenvalue weighted by molar-refractivity contribution is -0.142. The zero-order chi connectivity index (χ0) is 14.8. The molecule has 1 unspecified atom stereocenters. The predicted molar refractivity (Wildman–Crippen MR) is 80.2 cm³/mol. The Morgan fingerprint density at radius 3 is 2.33 bits per heavy atom. The van der Waals surface area contributed by atoms with Crippen LogP contribution in [0.25, 0.3) is 0 Å². The maximum atomic E-state index is 12.4. The molecule has 4 nitrogen and oxygen atoms in total. The van der Waals surface area contributed by atoms with Crippen LogP contribution < -0.4 is 5.32 Å². The lowest BCUT2D eigenvalue weighted by Gasteiger charge is -2.16. The average molecular weight is 301 g/mol. The molecule has 1 atom stereocenters. The quantitative estimate of drug-likeness (QED) is 0.911. The number of carboxylic acids is 1. The maximum Gasteiger partial charge on any atom is 0.331 e. The third-order valence-corrected chi connectivity index (χ3v) is 4.72. The summed E-state index contributed by atoms with van der Waals surface area (Å²) in [4.78, 5) is 24.4. The maximum absolute atomic E-state index is 12.4. The van der Waals surface area contributed by atoms with Gasteiger partial charge >= 0.3 is 5.97 Å². The summed E-state index contributed by atoms with van der Waals surface area (Å²) < 4.78 is 0. The Hall–Kier alpha value is -2.14. The number of thiophene rings is 1. The van der Waals surface area contributed by atoms with E-state index in [1.54, 1.807) is 12.1 Å². The summed E-state index contributed by atoms with van der Waals surface area (Å²) >= 11 is 1.34. The highest BCUT2D eigenvalue weighted by Gasteiger charge is 2.31. The number of amides is 1. The molecular weight excluding hydrogens is 286 g/mol. The number of hydrogen-bond acceptors (Lipinski definition) is 3. The van der Waals surface area contributed by atoms with E-state index in [9.17, 15) is 14.7 Å². The fraction of sp³-hybridized carbons (Fsp3) is 0.250. The second kappa shape index (κ2) is 5.69. The van der Waals surface area contributed by atoms with Crippen molar-refractivity contribution in [2.45, 2.75) is 18.9 Å². The van der Waals surface area contributed by atoms with Crippen molar-refractivity contribution >= 4 is 23.2 Å². The third kappa shape index (κ3) is 2.83. The molecule has 0 spiro atoms. The first-order valence-electron chi connectivity index (χ1n) is 6.78. The van der Waals surface area contributed by atoms with Crippen molar-refractivity contribution in [2.24, 2.45) is 5.92 Å². The van der Waals surface area contributed by atoms with E-state index in [0.717, 1.165) is 0 Å². The first kappa shape index (κ1) is 13.8. The summed E-state index contributed by atoms with van der Waals surface area (Å²) in [7, 11) is 0. The minimum atomic E-state index is -1.03. The Morgan fingerprint density at radius 1 is 1.14 bits per heavy atom. The number of benzene rings is 1. The van der Waals surface area contributed by atoms with Gasteiger partial charge in [-0.25, -0.2) is 4.79 Å². The van der Waals surface area contributed by atoms with Crippen LogP contribution in [0.4, 0.5) is 0 Å². The molecule has 3 rings (SSSR count). The molecule has 0 bridgehead atoms. The number of fused-ring (bicyclic) bond motifs is 1. The van der Waals surface area contributed by atoms with Gasteiger partial charge in [0.25, 0.3) is 0 Å². The zero-order valence-corrected chi connectivity index (χ0v) is 12.1. The summed E-state index contributed by atoms with van der Waals surface area (Å²) in [6.07, 6.45) is 1.36. The van der Waals surface area contributed by atoms with Gasteiger partial charge in [-0.3, -0.25) is 4.79 Å². The highest BCUT2D eigenvalue weighted by Crippen LogP contribution is 2.27. The number of nitrogens with one attached hydrogen (secondary N) is 1. The van der Waals surface area contributed by atoms with Gasteiger partial charge < -0.3 is 10.4 Å². The van der Waals surface area contributed by atoms with Crippen molar-refractivity contribution in [3.8, 4) is 0 Å². The number of carboxylic acid groups (broad SMARTS) is 1. The van der Waals surface area contributed by atoms with Crippen molar-refractivity contribution < 1.29 is 14.7 Å². The minimum absolute atomic E-state index is 0.177. The van der Waals surface area contributed by atoms with Crippen LogP contribution in [-0.4, -0.2) is 17.0 Å². The van der Waals surface area contributed by atoms with Crippen molar-refractivity contribution in [3.05, 3.63) is 57.8 Å². The average Bonchev–Trinajstić information content (AvgIpc) is 3.12. The Balaban J connectivity index is 1.71. The summed E-state index contributed by atoms with van der Waals surface area (Å²) in [5.74, 6) is -1.39. The van der Waals surface area contributed by atoms with E-state index in [0.29, 0.717) is 17.7 Å². The molecule has 1 aromatic heterocycles. The van der Waals surface area contributed by atoms with E-state index in [1.807, 2.05) is 29.6 Å². The Morgan fingerprint density at radius 2 is 1.81 bits per heavy atom. The van der Waals surface area contributed by atoms with Gasteiger partial charge in [0.05, 0.1) is 0 Å². The van der Waals surface area contributed by atoms with E-state index < -0.39 is 12.0 Å². The number of rotatable bonds is 4. The summed E-state index contributed by atoms with van der Waals surface area (Å²) in [6.45, 7) is 0. The molecule has 1 heterocycles. The van der Waals surface area contributed by atoms with Gasteiger partial charge in [-0.2, -0.15) is 0 Å². The van der Waals surface area contributed by atoms with Crippen molar-refractivity contribution in [2.75, 3.05) is 0 Å². The molecule has 21 heavy (non-hydrogen) atoms. The normalized spacial score (nSPS) is 15.4. The van der Waals surface area contributed by atoms with Gasteiger partial charge in [0.1, 0.15) is 0 Å². The van der Waals surface area contributed by atoms with Gasteiger partial charge in [0.2, 0.25) is 5.91 Å². The van der Waals surface area contributed by atoms with Gasteiger partial charge in [-0.15, -0.1) is 11.3 Å². The highest BCUT2D eigenvalue weighted by molar-refractivity contribution is 7.10. The lowest BCUT2D eigenvalue weighted by Crippen LogP contribution is -2.37. The van der Waals surface area contributed by atoms with Crippen molar-refractivity contribution in [1.82, 2.24) is 5.32 Å². The highest BCUT2D eigenvalue weighted by atomic mass is 32.1. The molecular formula is C16H15NO3S. The van der Waals surface area contributed by atoms with Crippen LogP contribution in [0.1, 0.15) is 22.0 Å². The van der Waals surface area contributed by atoms with E-state index in [-0.39, 0.29) is 11.8 Å². The molecule has 0 radical (unpaired) electrons. The fourth-order valence-electron chi connectivity index (χ4n) is 2.71. The largest absolute Gasteiger partial charge is 0.479 e. The molecule has 0 aliphatic heterocycles. The van der Waals surface area contributed by atoms with Crippen LogP contribution in [0.3, 0.4) is 0 Å². The predicted octanol–water partition coefficient (Wildman–Crippen LogP) is 2.41. The molecule has 108 valence electrons. The molecule has 5 heteroatoms. The topological polar surface area (TPSA) is 66.4 Å². The smallest absolute Gasteiger partial charge is 0.331 e. The summed E-state index contributed by atoms with van der Waals surface area (Å²) in [6, 6.07) is 10.5.